The minimum Gasteiger partial charge on any atom is -0.455 e. The van der Waals surface area contributed by atoms with Crippen molar-refractivity contribution in [1.82, 2.24) is 4.98 Å². The van der Waals surface area contributed by atoms with Crippen molar-refractivity contribution in [2.75, 3.05) is 5.43 Å². The normalized spacial score (nSPS) is 16.2. The molecule has 2 aromatic heterocycles. The van der Waals surface area contributed by atoms with Crippen molar-refractivity contribution < 1.29 is 9.34 Å². The number of furan rings is 1. The molecule has 29 heavy (non-hydrogen) atoms. The summed E-state index contributed by atoms with van der Waals surface area (Å²) < 4.78 is 5.73. The zero-order chi connectivity index (χ0) is 20.2. The molecule has 1 aliphatic rings. The number of nitrogens with zero attached hydrogens (tertiary/aromatic N) is 3. The number of hydrogen-bond donors (Lipinski definition) is 1. The Labute approximate surface area is 175 Å². The van der Waals surface area contributed by atoms with Crippen LogP contribution in [0.5, 0.6) is 0 Å². The van der Waals surface area contributed by atoms with Gasteiger partial charge < -0.3 is 4.42 Å². The Morgan fingerprint density at radius 1 is 1.31 bits per heavy atom. The molecule has 0 bridgehead atoms. The summed E-state index contributed by atoms with van der Waals surface area (Å²) in [7, 11) is 0. The van der Waals surface area contributed by atoms with Gasteiger partial charge in [0.2, 0.25) is 11.2 Å². The van der Waals surface area contributed by atoms with E-state index in [4.69, 9.17) is 16.0 Å². The van der Waals surface area contributed by atoms with Gasteiger partial charge in [0.15, 0.2) is 0 Å². The van der Waals surface area contributed by atoms with Gasteiger partial charge in [-0.1, -0.05) is 29.8 Å². The van der Waals surface area contributed by atoms with E-state index in [-0.39, 0.29) is 4.92 Å². The predicted molar refractivity (Wildman–Crippen MR) is 115 cm³/mol. The molecule has 4 rings (SSSR count). The Kier molecular flexibility index (Phi) is 5.55. The van der Waals surface area contributed by atoms with Crippen LogP contribution in [0.2, 0.25) is 5.02 Å². The maximum atomic E-state index is 10.8. The lowest BCUT2D eigenvalue weighted by Crippen LogP contribution is -2.17. The van der Waals surface area contributed by atoms with Gasteiger partial charge in [0, 0.05) is 32.9 Å². The molecule has 1 aliphatic carbocycles. The third kappa shape index (κ3) is 4.61. The molecule has 1 atom stereocenters. The number of nitrogens with one attached hydrogen (secondary N) is 1. The van der Waals surface area contributed by atoms with Gasteiger partial charge in [-0.05, 0) is 36.4 Å². The number of allylic oxidation sites excluding steroid dienone is 2. The molecule has 7 nitrogen and oxygen atoms in total. The molecule has 0 fully saturated rings. The Hall–Kier alpha value is -3.23. The summed E-state index contributed by atoms with van der Waals surface area (Å²) >= 11 is 7.35. The van der Waals surface area contributed by atoms with E-state index < -0.39 is 6.04 Å². The molecule has 0 aliphatic heterocycles. The van der Waals surface area contributed by atoms with Crippen LogP contribution in [0.25, 0.3) is 16.8 Å². The van der Waals surface area contributed by atoms with Crippen molar-refractivity contribution in [1.29, 1.82) is 0 Å². The van der Waals surface area contributed by atoms with Gasteiger partial charge in [-0.25, -0.2) is 4.98 Å². The molecular weight excluding hydrogens is 412 g/mol. The average molecular weight is 427 g/mol. The summed E-state index contributed by atoms with van der Waals surface area (Å²) in [5.74, 6) is 1.21. The lowest BCUT2D eigenvalue weighted by Gasteiger charge is -2.08. The number of rotatable bonds is 6. The molecule has 3 aromatic rings. The highest BCUT2D eigenvalue weighted by atomic mass is 35.5. The smallest absolute Gasteiger partial charge is 0.235 e. The molecule has 2 heterocycles. The Bertz CT molecular complexity index is 1110. The van der Waals surface area contributed by atoms with Crippen molar-refractivity contribution in [2.45, 2.75) is 12.5 Å². The van der Waals surface area contributed by atoms with Gasteiger partial charge >= 0.3 is 0 Å². The van der Waals surface area contributed by atoms with Gasteiger partial charge in [0.25, 0.3) is 0 Å². The molecular formula is C20H15ClN4O3S. The van der Waals surface area contributed by atoms with Crippen LogP contribution in [0.15, 0.2) is 69.5 Å². The summed E-state index contributed by atoms with van der Waals surface area (Å²) in [6.45, 7) is 0. The van der Waals surface area contributed by atoms with Crippen molar-refractivity contribution in [3.05, 3.63) is 86.7 Å². The topological polar surface area (TPSA) is 93.6 Å². The summed E-state index contributed by atoms with van der Waals surface area (Å²) in [6, 6.07) is 10.4. The fourth-order valence-corrected chi connectivity index (χ4v) is 3.55. The van der Waals surface area contributed by atoms with Gasteiger partial charge in [-0.3, -0.25) is 15.5 Å². The maximum Gasteiger partial charge on any atom is 0.235 e. The van der Waals surface area contributed by atoms with E-state index >= 15 is 0 Å². The van der Waals surface area contributed by atoms with E-state index in [1.807, 2.05) is 35.7 Å². The van der Waals surface area contributed by atoms with Crippen molar-refractivity contribution in [3.63, 3.8) is 0 Å². The Balaban J connectivity index is 1.37. The zero-order valence-electron chi connectivity index (χ0n) is 15.0. The minimum atomic E-state index is -0.671. The number of benzene rings is 1. The number of halogens is 1. The second kappa shape index (κ2) is 8.42. The molecule has 0 spiro atoms. The molecule has 0 radical (unpaired) electrons. The number of thiazole rings is 1. The minimum absolute atomic E-state index is 0.299. The highest BCUT2D eigenvalue weighted by Gasteiger charge is 2.19. The predicted octanol–water partition coefficient (Wildman–Crippen LogP) is 5.49. The first-order valence-electron chi connectivity index (χ1n) is 8.71. The van der Waals surface area contributed by atoms with Gasteiger partial charge in [0.05, 0.1) is 11.9 Å². The van der Waals surface area contributed by atoms with Crippen LogP contribution >= 0.6 is 22.9 Å². The Morgan fingerprint density at radius 3 is 2.86 bits per heavy atom. The standard InChI is InChI=1S/C20H15ClN4O3S/c21-15-5-1-13(2-6-15)18-12-29-20(23-18)24-22-11-17-9-10-19(28-17)14-3-7-16(8-4-14)25(26)27/h1-7,9-12,16H,8H2,(H,23,24)/b22-11+. The molecule has 0 saturated heterocycles. The highest BCUT2D eigenvalue weighted by molar-refractivity contribution is 7.14. The van der Waals surface area contributed by atoms with Crippen LogP contribution in [0.3, 0.4) is 0 Å². The van der Waals surface area contributed by atoms with Crippen LogP contribution in [-0.2, 0) is 0 Å². The van der Waals surface area contributed by atoms with E-state index in [2.05, 4.69) is 15.5 Å². The molecule has 1 N–H and O–H groups in total. The fourth-order valence-electron chi connectivity index (χ4n) is 2.75. The van der Waals surface area contributed by atoms with E-state index in [0.717, 1.165) is 16.8 Å². The second-order valence-corrected chi connectivity index (χ2v) is 7.52. The lowest BCUT2D eigenvalue weighted by molar-refractivity contribution is -0.508. The SMILES string of the molecule is O=[N+]([O-])C1C=CC(c2ccc(/C=N/Nc3nc(-c4ccc(Cl)cc4)cs3)o2)=CC1. The molecule has 0 saturated carbocycles. The van der Waals surface area contributed by atoms with Crippen molar-refractivity contribution >= 4 is 39.9 Å². The van der Waals surface area contributed by atoms with Crippen LogP contribution in [0, 0.1) is 10.1 Å². The first kappa shape index (κ1) is 19.1. The maximum absolute atomic E-state index is 10.8. The summed E-state index contributed by atoms with van der Waals surface area (Å²) in [5, 5.41) is 18.2. The van der Waals surface area contributed by atoms with Crippen LogP contribution in [0.1, 0.15) is 17.9 Å². The molecule has 146 valence electrons. The second-order valence-electron chi connectivity index (χ2n) is 6.22. The van der Waals surface area contributed by atoms with Crippen LogP contribution < -0.4 is 5.43 Å². The number of anilines is 1. The van der Waals surface area contributed by atoms with Crippen LogP contribution in [-0.4, -0.2) is 22.2 Å². The fraction of sp³-hybridized carbons (Fsp3) is 0.100. The number of nitro groups is 1. The zero-order valence-corrected chi connectivity index (χ0v) is 16.6. The lowest BCUT2D eigenvalue weighted by atomic mass is 10.0. The quantitative estimate of drug-likeness (QED) is 0.319. The summed E-state index contributed by atoms with van der Waals surface area (Å²) in [4.78, 5) is 15.0. The first-order chi connectivity index (χ1) is 14.1. The van der Waals surface area contributed by atoms with E-state index in [0.29, 0.717) is 28.1 Å². The molecule has 0 amide bonds. The molecule has 1 aromatic carbocycles. The van der Waals surface area contributed by atoms with E-state index in [1.165, 1.54) is 11.3 Å². The van der Waals surface area contributed by atoms with Gasteiger partial charge in [0.1, 0.15) is 11.5 Å². The average Bonchev–Trinajstić information content (AvgIpc) is 3.39. The van der Waals surface area contributed by atoms with Crippen molar-refractivity contribution in [3.8, 4) is 11.3 Å². The van der Waals surface area contributed by atoms with Gasteiger partial charge in [-0.2, -0.15) is 5.10 Å². The summed E-state index contributed by atoms with van der Waals surface area (Å²) in [6.07, 6.45) is 7.00. The highest BCUT2D eigenvalue weighted by Crippen LogP contribution is 2.26. The van der Waals surface area contributed by atoms with E-state index in [9.17, 15) is 10.1 Å². The first-order valence-corrected chi connectivity index (χ1v) is 9.97. The Morgan fingerprint density at radius 2 is 2.14 bits per heavy atom. The monoisotopic (exact) mass is 426 g/mol. The third-order valence-corrected chi connectivity index (χ3v) is 5.25. The van der Waals surface area contributed by atoms with Crippen LogP contribution in [0.4, 0.5) is 5.13 Å². The number of hydrazone groups is 1. The molecule has 9 heteroatoms. The summed E-state index contributed by atoms with van der Waals surface area (Å²) in [5.41, 5.74) is 5.53. The number of hydrogen-bond acceptors (Lipinski definition) is 7. The molecule has 1 unspecified atom stereocenters. The number of aromatic nitrogens is 1. The van der Waals surface area contributed by atoms with Crippen molar-refractivity contribution in [2.24, 2.45) is 5.10 Å². The van der Waals surface area contributed by atoms with Gasteiger partial charge in [-0.15, -0.1) is 11.3 Å². The largest absolute Gasteiger partial charge is 0.455 e. The third-order valence-electron chi connectivity index (χ3n) is 4.26. The van der Waals surface area contributed by atoms with E-state index in [1.54, 1.807) is 30.5 Å².